The van der Waals surface area contributed by atoms with Crippen LogP contribution in [0.1, 0.15) is 22.3 Å². The van der Waals surface area contributed by atoms with Gasteiger partial charge in [-0.3, -0.25) is 9.69 Å². The van der Waals surface area contributed by atoms with E-state index in [-0.39, 0.29) is 5.91 Å². The van der Waals surface area contributed by atoms with Gasteiger partial charge in [-0.15, -0.1) is 0 Å². The number of amides is 1. The molecule has 0 unspecified atom stereocenters. The van der Waals surface area contributed by atoms with Crippen molar-refractivity contribution >= 4 is 34.8 Å². The second-order valence-electron chi connectivity index (χ2n) is 6.53. The lowest BCUT2D eigenvalue weighted by Gasteiger charge is -2.36. The van der Waals surface area contributed by atoms with Crippen LogP contribution in [0.5, 0.6) is 0 Å². The van der Waals surface area contributed by atoms with Crippen molar-refractivity contribution in [2.24, 2.45) is 5.73 Å². The molecule has 0 saturated carbocycles. The van der Waals surface area contributed by atoms with Crippen molar-refractivity contribution in [2.75, 3.05) is 37.6 Å². The molecule has 2 aromatic carbocycles. The van der Waals surface area contributed by atoms with Gasteiger partial charge in [0.15, 0.2) is 0 Å². The fourth-order valence-corrected chi connectivity index (χ4v) is 3.84. The zero-order valence-electron chi connectivity index (χ0n) is 14.6. The lowest BCUT2D eigenvalue weighted by atomic mass is 10.0. The summed E-state index contributed by atoms with van der Waals surface area (Å²) in [5, 5.41) is 1.23. The first-order valence-corrected chi connectivity index (χ1v) is 9.61. The number of carbonyl (C=O) groups excluding carboxylic acids is 1. The third kappa shape index (κ3) is 4.50. The second kappa shape index (κ2) is 8.76. The van der Waals surface area contributed by atoms with Crippen LogP contribution in [0.25, 0.3) is 0 Å². The Morgan fingerprint density at radius 3 is 2.46 bits per heavy atom. The van der Waals surface area contributed by atoms with E-state index in [4.69, 9.17) is 28.9 Å². The zero-order chi connectivity index (χ0) is 18.5. The van der Waals surface area contributed by atoms with Crippen LogP contribution in [0.15, 0.2) is 42.5 Å². The first-order valence-electron chi connectivity index (χ1n) is 8.85. The topological polar surface area (TPSA) is 49.6 Å². The van der Waals surface area contributed by atoms with Gasteiger partial charge in [0.25, 0.3) is 0 Å². The van der Waals surface area contributed by atoms with Gasteiger partial charge in [0.1, 0.15) is 0 Å². The maximum absolute atomic E-state index is 11.5. The molecule has 138 valence electrons. The minimum absolute atomic E-state index is 0.354. The number of rotatable bonds is 6. The van der Waals surface area contributed by atoms with E-state index in [0.717, 1.165) is 56.8 Å². The van der Waals surface area contributed by atoms with Gasteiger partial charge in [-0.05, 0) is 43.1 Å². The molecule has 1 saturated heterocycles. The number of primary amides is 1. The summed E-state index contributed by atoms with van der Waals surface area (Å²) in [6.07, 6.45) is 1.86. The van der Waals surface area contributed by atoms with Crippen LogP contribution in [-0.4, -0.2) is 43.5 Å². The summed E-state index contributed by atoms with van der Waals surface area (Å²) in [6.45, 7) is 4.83. The number of carbonyl (C=O) groups is 1. The predicted octanol–water partition coefficient (Wildman–Crippen LogP) is 3.85. The van der Waals surface area contributed by atoms with E-state index in [0.29, 0.717) is 15.6 Å². The number of hydrogen-bond donors (Lipinski definition) is 1. The average Bonchev–Trinajstić information content (AvgIpc) is 2.65. The summed E-state index contributed by atoms with van der Waals surface area (Å²) >= 11 is 12.5. The Kier molecular flexibility index (Phi) is 6.41. The quantitative estimate of drug-likeness (QED) is 0.813. The van der Waals surface area contributed by atoms with Crippen LogP contribution in [0, 0.1) is 0 Å². The minimum Gasteiger partial charge on any atom is -0.368 e. The van der Waals surface area contributed by atoms with Gasteiger partial charge in [-0.25, -0.2) is 0 Å². The van der Waals surface area contributed by atoms with Gasteiger partial charge in [0.05, 0.1) is 15.7 Å². The highest BCUT2D eigenvalue weighted by Gasteiger charge is 2.19. The van der Waals surface area contributed by atoms with Crippen molar-refractivity contribution in [3.63, 3.8) is 0 Å². The number of halogens is 2. The number of nitrogens with zero attached hydrogens (tertiary/aromatic N) is 2. The van der Waals surface area contributed by atoms with Crippen LogP contribution >= 0.6 is 23.2 Å². The molecule has 4 nitrogen and oxygen atoms in total. The van der Waals surface area contributed by atoms with E-state index in [1.54, 1.807) is 6.07 Å². The smallest absolute Gasteiger partial charge is 0.248 e. The van der Waals surface area contributed by atoms with Crippen LogP contribution < -0.4 is 10.6 Å². The highest BCUT2D eigenvalue weighted by molar-refractivity contribution is 6.43. The highest BCUT2D eigenvalue weighted by Crippen LogP contribution is 2.32. The molecule has 1 aliphatic heterocycles. The third-order valence-corrected chi connectivity index (χ3v) is 5.66. The Morgan fingerprint density at radius 1 is 1.00 bits per heavy atom. The summed E-state index contributed by atoms with van der Waals surface area (Å²) in [5.41, 5.74) is 8.12. The Labute approximate surface area is 164 Å². The molecule has 1 fully saturated rings. The van der Waals surface area contributed by atoms with Crippen molar-refractivity contribution in [2.45, 2.75) is 12.8 Å². The number of hydrogen-bond acceptors (Lipinski definition) is 3. The van der Waals surface area contributed by atoms with Gasteiger partial charge in [0.2, 0.25) is 5.91 Å². The van der Waals surface area contributed by atoms with Gasteiger partial charge >= 0.3 is 0 Å². The SMILES string of the molecule is NC(=O)c1ccccc1CCCN1CCN(c2cccc(Cl)c2Cl)CC1. The fraction of sp³-hybridized carbons (Fsp3) is 0.350. The molecule has 2 N–H and O–H groups in total. The highest BCUT2D eigenvalue weighted by atomic mass is 35.5. The van der Waals surface area contributed by atoms with Crippen LogP contribution in [0.3, 0.4) is 0 Å². The first kappa shape index (κ1) is 19.0. The van der Waals surface area contributed by atoms with Gasteiger partial charge in [-0.1, -0.05) is 47.5 Å². The zero-order valence-corrected chi connectivity index (χ0v) is 16.1. The van der Waals surface area contributed by atoms with E-state index < -0.39 is 0 Å². The summed E-state index contributed by atoms with van der Waals surface area (Å²) in [4.78, 5) is 16.2. The molecule has 0 bridgehead atoms. The molecule has 0 aliphatic carbocycles. The average molecular weight is 392 g/mol. The molecule has 1 heterocycles. The van der Waals surface area contributed by atoms with Crippen LogP contribution in [0.2, 0.25) is 10.0 Å². The monoisotopic (exact) mass is 391 g/mol. The Morgan fingerprint density at radius 2 is 1.73 bits per heavy atom. The molecule has 26 heavy (non-hydrogen) atoms. The molecular formula is C20H23Cl2N3O. The molecule has 0 atom stereocenters. The van der Waals surface area contributed by atoms with E-state index in [1.807, 2.05) is 36.4 Å². The van der Waals surface area contributed by atoms with Crippen molar-refractivity contribution in [3.05, 3.63) is 63.6 Å². The second-order valence-corrected chi connectivity index (χ2v) is 7.31. The van der Waals surface area contributed by atoms with E-state index in [2.05, 4.69) is 9.80 Å². The largest absolute Gasteiger partial charge is 0.368 e. The van der Waals surface area contributed by atoms with Crippen molar-refractivity contribution in [1.82, 2.24) is 4.90 Å². The van der Waals surface area contributed by atoms with E-state index in [9.17, 15) is 4.79 Å². The van der Waals surface area contributed by atoms with Gasteiger partial charge in [0, 0.05) is 31.7 Å². The normalized spacial score (nSPS) is 15.2. The molecule has 0 radical (unpaired) electrons. The fourth-order valence-electron chi connectivity index (χ4n) is 3.42. The molecular weight excluding hydrogens is 369 g/mol. The lowest BCUT2D eigenvalue weighted by molar-refractivity contribution is 0.0999. The van der Waals surface area contributed by atoms with Gasteiger partial charge < -0.3 is 10.6 Å². The van der Waals surface area contributed by atoms with Crippen LogP contribution in [0.4, 0.5) is 5.69 Å². The van der Waals surface area contributed by atoms with E-state index in [1.165, 1.54) is 0 Å². The number of aryl methyl sites for hydroxylation is 1. The number of nitrogens with two attached hydrogens (primary N) is 1. The standard InChI is InChI=1S/C20H23Cl2N3O/c21-17-8-3-9-18(19(17)22)25-13-11-24(12-14-25)10-4-6-15-5-1-2-7-16(15)20(23)26/h1-3,5,7-9H,4,6,10-14H2,(H2,23,26). The molecule has 1 amide bonds. The third-order valence-electron chi connectivity index (χ3n) is 4.85. The molecule has 0 aromatic heterocycles. The van der Waals surface area contributed by atoms with Gasteiger partial charge in [-0.2, -0.15) is 0 Å². The molecule has 2 aromatic rings. The number of piperazine rings is 1. The summed E-state index contributed by atoms with van der Waals surface area (Å²) in [7, 11) is 0. The summed E-state index contributed by atoms with van der Waals surface area (Å²) in [5.74, 6) is -0.354. The Bertz CT molecular complexity index is 773. The molecule has 1 aliphatic rings. The minimum atomic E-state index is -0.354. The molecule has 6 heteroatoms. The maximum atomic E-state index is 11.5. The maximum Gasteiger partial charge on any atom is 0.248 e. The lowest BCUT2D eigenvalue weighted by Crippen LogP contribution is -2.46. The summed E-state index contributed by atoms with van der Waals surface area (Å²) < 4.78 is 0. The summed E-state index contributed by atoms with van der Waals surface area (Å²) in [6, 6.07) is 13.4. The Hall–Kier alpha value is -1.75. The first-order chi connectivity index (χ1) is 12.6. The Balaban J connectivity index is 1.49. The van der Waals surface area contributed by atoms with Crippen molar-refractivity contribution < 1.29 is 4.79 Å². The molecule has 3 rings (SSSR count). The number of benzene rings is 2. The van der Waals surface area contributed by atoms with E-state index >= 15 is 0 Å². The predicted molar refractivity (Wildman–Crippen MR) is 108 cm³/mol. The van der Waals surface area contributed by atoms with Crippen LogP contribution in [-0.2, 0) is 6.42 Å². The van der Waals surface area contributed by atoms with Crippen molar-refractivity contribution in [3.8, 4) is 0 Å². The molecule has 0 spiro atoms. The number of anilines is 1. The van der Waals surface area contributed by atoms with Crippen molar-refractivity contribution in [1.29, 1.82) is 0 Å².